The Hall–Kier alpha value is -5.15. The van der Waals surface area contributed by atoms with Crippen LogP contribution in [-0.4, -0.2) is 13.4 Å². The zero-order valence-corrected chi connectivity index (χ0v) is 24.5. The van der Waals surface area contributed by atoms with Crippen molar-refractivity contribution in [3.05, 3.63) is 132 Å². The molecule has 0 atom stereocenters. The van der Waals surface area contributed by atoms with Crippen LogP contribution in [0.25, 0.3) is 0 Å². The lowest BCUT2D eigenvalue weighted by Gasteiger charge is -2.52. The third-order valence-electron chi connectivity index (χ3n) is 10.9. The molecule has 6 aromatic carbocycles. The minimum atomic E-state index is -0.127. The highest BCUT2D eigenvalue weighted by molar-refractivity contribution is 7.04. The summed E-state index contributed by atoms with van der Waals surface area (Å²) in [6.07, 6.45) is 0. The van der Waals surface area contributed by atoms with Crippen molar-refractivity contribution in [2.75, 3.05) is 9.80 Å². The fourth-order valence-corrected chi connectivity index (χ4v) is 9.13. The second-order valence-electron chi connectivity index (χ2n) is 13.2. The zero-order chi connectivity index (χ0) is 28.9. The van der Waals surface area contributed by atoms with Crippen LogP contribution in [-0.2, 0) is 5.41 Å². The van der Waals surface area contributed by atoms with Crippen molar-refractivity contribution in [1.29, 1.82) is 0 Å². The van der Waals surface area contributed by atoms with Crippen molar-refractivity contribution in [2.45, 2.75) is 19.3 Å². The van der Waals surface area contributed by atoms with Crippen molar-refractivity contribution in [2.24, 2.45) is 0 Å². The molecule has 3 nitrogen and oxygen atoms in total. The molecule has 0 saturated carbocycles. The Morgan fingerprint density at radius 1 is 0.477 bits per heavy atom. The Labute approximate surface area is 257 Å². The van der Waals surface area contributed by atoms with Gasteiger partial charge in [0.25, 0.3) is 13.4 Å². The number of hydrogen-bond acceptors (Lipinski definition) is 3. The molecule has 0 aliphatic carbocycles. The summed E-state index contributed by atoms with van der Waals surface area (Å²) in [5.41, 5.74) is 18.2. The first kappa shape index (κ1) is 23.3. The van der Waals surface area contributed by atoms with Crippen molar-refractivity contribution < 1.29 is 4.74 Å². The summed E-state index contributed by atoms with van der Waals surface area (Å²) in [6, 6.07) is 45.0. The van der Waals surface area contributed by atoms with Crippen LogP contribution in [0.1, 0.15) is 25.0 Å². The molecule has 0 radical (unpaired) electrons. The summed E-state index contributed by atoms with van der Waals surface area (Å²) in [6.45, 7) is 4.98. The minimum Gasteiger partial charge on any atom is -0.458 e. The second kappa shape index (κ2) is 7.67. The van der Waals surface area contributed by atoms with E-state index in [-0.39, 0.29) is 18.8 Å². The molecule has 0 saturated heterocycles. The number of nitrogens with zero attached hydrogens (tertiary/aromatic N) is 2. The Bertz CT molecular complexity index is 2290. The van der Waals surface area contributed by atoms with Gasteiger partial charge in [0, 0.05) is 39.9 Å². The number of ether oxygens (including phenoxy) is 1. The van der Waals surface area contributed by atoms with E-state index in [0.29, 0.717) is 0 Å². The first-order chi connectivity index (χ1) is 21.6. The highest BCUT2D eigenvalue weighted by Crippen LogP contribution is 2.54. The summed E-state index contributed by atoms with van der Waals surface area (Å²) in [7, 11) is 0. The molecule has 0 spiro atoms. The number of fused-ring (bicyclic) bond motifs is 12. The van der Waals surface area contributed by atoms with Gasteiger partial charge in [0.15, 0.2) is 0 Å². The summed E-state index contributed by atoms with van der Waals surface area (Å²) in [4.78, 5) is 5.10. The molecule has 0 amide bonds. The Morgan fingerprint density at radius 3 is 1.82 bits per heavy atom. The minimum absolute atomic E-state index is 0.105. The highest BCUT2D eigenvalue weighted by Gasteiger charge is 2.52. The monoisotopic (exact) mass is 560 g/mol. The maximum Gasteiger partial charge on any atom is 0.256 e. The van der Waals surface area contributed by atoms with Crippen LogP contribution < -0.4 is 47.3 Å². The van der Waals surface area contributed by atoms with Crippen LogP contribution in [0.3, 0.4) is 0 Å². The molecule has 0 aromatic heterocycles. The van der Waals surface area contributed by atoms with Crippen LogP contribution in [0.15, 0.2) is 121 Å². The van der Waals surface area contributed by atoms with Crippen LogP contribution in [0, 0.1) is 0 Å². The van der Waals surface area contributed by atoms with E-state index < -0.39 is 0 Å². The lowest BCUT2D eigenvalue weighted by molar-refractivity contribution is 0.487. The Kier molecular flexibility index (Phi) is 4.07. The molecule has 5 heteroatoms. The molecule has 5 aliphatic rings. The molecule has 204 valence electrons. The standard InChI is InChI=1S/C39H26B2N2O/c1-39(2)23-12-3-7-18-29(23)42-32-22-34-36-38-35(32)41(28-17-11-13-24(39)37(28)42)26-15-5-9-20-31(26)43(38)30-19-8-4-14-25(30)40(36)27-16-6-10-21-33(27)44-34/h3-22H,1-2H3. The topological polar surface area (TPSA) is 15.7 Å². The Balaban J connectivity index is 1.34. The average Bonchev–Trinajstić information content (AvgIpc) is 3.07. The van der Waals surface area contributed by atoms with Gasteiger partial charge in [-0.05, 0) is 68.2 Å². The molecule has 5 aliphatic heterocycles. The van der Waals surface area contributed by atoms with Crippen LogP contribution in [0.5, 0.6) is 11.5 Å². The van der Waals surface area contributed by atoms with E-state index in [1.807, 2.05) is 0 Å². The predicted octanol–water partition coefficient (Wildman–Crippen LogP) is 5.34. The van der Waals surface area contributed by atoms with Crippen molar-refractivity contribution in [3.8, 4) is 11.5 Å². The number of hydrogen-bond donors (Lipinski definition) is 0. The summed E-state index contributed by atoms with van der Waals surface area (Å²) >= 11 is 0. The number of anilines is 6. The molecule has 5 heterocycles. The van der Waals surface area contributed by atoms with Gasteiger partial charge < -0.3 is 14.5 Å². The fourth-order valence-electron chi connectivity index (χ4n) is 9.13. The molecular formula is C39H26B2N2O. The van der Waals surface area contributed by atoms with Crippen LogP contribution in [0.4, 0.5) is 34.1 Å². The molecule has 0 unspecified atom stereocenters. The van der Waals surface area contributed by atoms with Gasteiger partial charge >= 0.3 is 0 Å². The maximum atomic E-state index is 6.91. The SMILES string of the molecule is CC1(C)c2ccccc2N2c3cc4c5c6c3B(c3ccccc3N6c3ccccc3B5c3ccccc3O4)c3cccc1c32. The largest absolute Gasteiger partial charge is 0.458 e. The quantitative estimate of drug-likeness (QED) is 0.233. The molecule has 0 bridgehead atoms. The van der Waals surface area contributed by atoms with Gasteiger partial charge in [-0.3, -0.25) is 0 Å². The van der Waals surface area contributed by atoms with Gasteiger partial charge in [0.2, 0.25) is 0 Å². The lowest BCUT2D eigenvalue weighted by atomic mass is 9.29. The van der Waals surface area contributed by atoms with Gasteiger partial charge in [-0.15, -0.1) is 0 Å². The normalized spacial score (nSPS) is 16.1. The number of benzene rings is 6. The van der Waals surface area contributed by atoms with Gasteiger partial charge in [0.1, 0.15) is 11.5 Å². The smallest absolute Gasteiger partial charge is 0.256 e. The average molecular weight is 560 g/mol. The van der Waals surface area contributed by atoms with Gasteiger partial charge in [0.05, 0.1) is 5.69 Å². The van der Waals surface area contributed by atoms with E-state index in [9.17, 15) is 0 Å². The van der Waals surface area contributed by atoms with Crippen molar-refractivity contribution >= 4 is 80.3 Å². The first-order valence-electron chi connectivity index (χ1n) is 15.6. The molecule has 0 fully saturated rings. The Morgan fingerprint density at radius 2 is 1.05 bits per heavy atom. The summed E-state index contributed by atoms with van der Waals surface area (Å²) < 4.78 is 6.91. The third-order valence-corrected chi connectivity index (χ3v) is 10.9. The zero-order valence-electron chi connectivity index (χ0n) is 24.5. The van der Waals surface area contributed by atoms with Crippen molar-refractivity contribution in [1.82, 2.24) is 0 Å². The number of para-hydroxylation sites is 5. The van der Waals surface area contributed by atoms with E-state index in [1.54, 1.807) is 0 Å². The predicted molar refractivity (Wildman–Crippen MR) is 184 cm³/mol. The lowest BCUT2D eigenvalue weighted by Crippen LogP contribution is -2.68. The van der Waals surface area contributed by atoms with Crippen LogP contribution in [0.2, 0.25) is 0 Å². The molecule has 0 N–H and O–H groups in total. The maximum absolute atomic E-state index is 6.91. The van der Waals surface area contributed by atoms with Crippen LogP contribution >= 0.6 is 0 Å². The fraction of sp³-hybridized carbons (Fsp3) is 0.0769. The second-order valence-corrected chi connectivity index (χ2v) is 13.2. The van der Waals surface area contributed by atoms with E-state index >= 15 is 0 Å². The highest BCUT2D eigenvalue weighted by atomic mass is 16.5. The van der Waals surface area contributed by atoms with Gasteiger partial charge in [-0.1, -0.05) is 105 Å². The molecular weight excluding hydrogens is 534 g/mol. The summed E-state index contributed by atoms with van der Waals surface area (Å²) in [5, 5.41) is 0. The number of rotatable bonds is 0. The molecule has 44 heavy (non-hydrogen) atoms. The van der Waals surface area contributed by atoms with Gasteiger partial charge in [-0.25, -0.2) is 0 Å². The third kappa shape index (κ3) is 2.53. The van der Waals surface area contributed by atoms with E-state index in [2.05, 4.69) is 145 Å². The van der Waals surface area contributed by atoms with Gasteiger partial charge in [-0.2, -0.15) is 0 Å². The molecule has 6 aromatic rings. The molecule has 11 rings (SSSR count). The van der Waals surface area contributed by atoms with E-state index in [4.69, 9.17) is 4.74 Å². The van der Waals surface area contributed by atoms with Crippen molar-refractivity contribution in [3.63, 3.8) is 0 Å². The van der Waals surface area contributed by atoms with E-state index in [0.717, 1.165) is 11.5 Å². The summed E-state index contributed by atoms with van der Waals surface area (Å²) in [5.74, 6) is 1.91. The first-order valence-corrected chi connectivity index (χ1v) is 15.6. The van der Waals surface area contributed by atoms with E-state index in [1.165, 1.54) is 78.0 Å².